The Morgan fingerprint density at radius 2 is 1.59 bits per heavy atom. The molecular formula is C13H22O4. The van der Waals surface area contributed by atoms with E-state index in [2.05, 4.69) is 6.58 Å². The first-order chi connectivity index (χ1) is 8.04. The smallest absolute Gasteiger partial charge is 0.333 e. The third kappa shape index (κ3) is 11.0. The first kappa shape index (κ1) is 15.7. The Balaban J connectivity index is 3.16. The maximum Gasteiger partial charge on any atom is 0.333 e. The average Bonchev–Trinajstić information content (AvgIpc) is 2.25. The summed E-state index contributed by atoms with van der Waals surface area (Å²) >= 11 is 0. The SMILES string of the molecule is C=C(C)C(=O)OCCCCCCCCC(=O)O. The van der Waals surface area contributed by atoms with Gasteiger partial charge < -0.3 is 9.84 Å². The first-order valence-corrected chi connectivity index (χ1v) is 6.08. The molecule has 0 aromatic carbocycles. The number of carboxylic acids is 1. The fourth-order valence-corrected chi connectivity index (χ4v) is 1.37. The number of aliphatic carboxylic acids is 1. The normalized spacial score (nSPS) is 9.94. The number of ether oxygens (including phenoxy) is 1. The molecule has 0 rings (SSSR count). The molecule has 0 saturated carbocycles. The van der Waals surface area contributed by atoms with E-state index in [1.54, 1.807) is 6.92 Å². The van der Waals surface area contributed by atoms with E-state index in [-0.39, 0.29) is 12.4 Å². The Labute approximate surface area is 103 Å². The molecule has 0 aliphatic heterocycles. The molecule has 0 aromatic rings. The van der Waals surface area contributed by atoms with Gasteiger partial charge in [0, 0.05) is 12.0 Å². The highest BCUT2D eigenvalue weighted by Crippen LogP contribution is 2.07. The van der Waals surface area contributed by atoms with Crippen molar-refractivity contribution in [2.24, 2.45) is 0 Å². The van der Waals surface area contributed by atoms with Crippen molar-refractivity contribution < 1.29 is 19.4 Å². The fourth-order valence-electron chi connectivity index (χ4n) is 1.37. The third-order valence-electron chi connectivity index (χ3n) is 2.37. The van der Waals surface area contributed by atoms with Gasteiger partial charge >= 0.3 is 11.9 Å². The van der Waals surface area contributed by atoms with E-state index >= 15 is 0 Å². The highest BCUT2D eigenvalue weighted by Gasteiger charge is 2.01. The van der Waals surface area contributed by atoms with Crippen molar-refractivity contribution in [3.05, 3.63) is 12.2 Å². The molecule has 0 spiro atoms. The second-order valence-electron chi connectivity index (χ2n) is 4.18. The van der Waals surface area contributed by atoms with Crippen molar-refractivity contribution in [1.82, 2.24) is 0 Å². The molecular weight excluding hydrogens is 220 g/mol. The number of carbonyl (C=O) groups excluding carboxylic acids is 1. The molecule has 0 saturated heterocycles. The topological polar surface area (TPSA) is 63.6 Å². The fraction of sp³-hybridized carbons (Fsp3) is 0.692. The van der Waals surface area contributed by atoms with Gasteiger partial charge in [0.25, 0.3) is 0 Å². The van der Waals surface area contributed by atoms with Crippen molar-refractivity contribution in [3.8, 4) is 0 Å². The molecule has 98 valence electrons. The van der Waals surface area contributed by atoms with Crippen LogP contribution in [0.3, 0.4) is 0 Å². The average molecular weight is 242 g/mol. The van der Waals surface area contributed by atoms with E-state index in [1.165, 1.54) is 0 Å². The summed E-state index contributed by atoms with van der Waals surface area (Å²) in [4.78, 5) is 21.2. The van der Waals surface area contributed by atoms with E-state index in [1.807, 2.05) is 0 Å². The van der Waals surface area contributed by atoms with Crippen LogP contribution in [0.2, 0.25) is 0 Å². The molecule has 0 fully saturated rings. The van der Waals surface area contributed by atoms with E-state index < -0.39 is 5.97 Å². The van der Waals surface area contributed by atoms with Crippen molar-refractivity contribution >= 4 is 11.9 Å². The van der Waals surface area contributed by atoms with E-state index in [4.69, 9.17) is 9.84 Å². The first-order valence-electron chi connectivity index (χ1n) is 6.08. The van der Waals surface area contributed by atoms with Gasteiger partial charge in [0.05, 0.1) is 6.61 Å². The predicted octanol–water partition coefficient (Wildman–Crippen LogP) is 2.92. The highest BCUT2D eigenvalue weighted by atomic mass is 16.5. The lowest BCUT2D eigenvalue weighted by Crippen LogP contribution is -2.05. The second kappa shape index (κ2) is 9.87. The summed E-state index contributed by atoms with van der Waals surface area (Å²) in [5.41, 5.74) is 0.429. The van der Waals surface area contributed by atoms with Crippen LogP contribution in [0.15, 0.2) is 12.2 Å². The van der Waals surface area contributed by atoms with Gasteiger partial charge in [0.1, 0.15) is 0 Å². The standard InChI is InChI=1S/C13H22O4/c1-11(2)13(16)17-10-8-6-4-3-5-7-9-12(14)15/h1,3-10H2,2H3,(H,14,15). The Hall–Kier alpha value is -1.32. The molecule has 4 heteroatoms. The molecule has 0 aromatic heterocycles. The molecule has 0 radical (unpaired) electrons. The van der Waals surface area contributed by atoms with Gasteiger partial charge in [-0.15, -0.1) is 0 Å². The number of hydrogen-bond acceptors (Lipinski definition) is 3. The maximum absolute atomic E-state index is 11.0. The molecule has 0 amide bonds. The van der Waals surface area contributed by atoms with Crippen molar-refractivity contribution in [2.45, 2.75) is 51.9 Å². The third-order valence-corrected chi connectivity index (χ3v) is 2.37. The highest BCUT2D eigenvalue weighted by molar-refractivity contribution is 5.86. The van der Waals surface area contributed by atoms with Crippen molar-refractivity contribution in [3.63, 3.8) is 0 Å². The zero-order chi connectivity index (χ0) is 13.1. The zero-order valence-corrected chi connectivity index (χ0v) is 10.5. The van der Waals surface area contributed by atoms with Crippen LogP contribution in [0.25, 0.3) is 0 Å². The Morgan fingerprint density at radius 3 is 2.12 bits per heavy atom. The molecule has 0 unspecified atom stereocenters. The summed E-state index contributed by atoms with van der Waals surface area (Å²) in [5.74, 6) is -1.05. The van der Waals surface area contributed by atoms with Crippen LogP contribution in [0.4, 0.5) is 0 Å². The number of unbranched alkanes of at least 4 members (excludes halogenated alkanes) is 5. The molecule has 0 aliphatic rings. The largest absolute Gasteiger partial charge is 0.481 e. The lowest BCUT2D eigenvalue weighted by molar-refractivity contribution is -0.139. The van der Waals surface area contributed by atoms with Gasteiger partial charge in [0.15, 0.2) is 0 Å². The molecule has 1 N–H and O–H groups in total. The van der Waals surface area contributed by atoms with E-state index in [0.29, 0.717) is 12.2 Å². The summed E-state index contributed by atoms with van der Waals surface area (Å²) in [5, 5.41) is 8.43. The monoisotopic (exact) mass is 242 g/mol. The Bertz CT molecular complexity index is 258. The Morgan fingerprint density at radius 1 is 1.06 bits per heavy atom. The molecule has 0 atom stereocenters. The predicted molar refractivity (Wildman–Crippen MR) is 65.7 cm³/mol. The number of hydrogen-bond donors (Lipinski definition) is 1. The van der Waals surface area contributed by atoms with Crippen LogP contribution in [-0.4, -0.2) is 23.7 Å². The van der Waals surface area contributed by atoms with Crippen LogP contribution in [0.1, 0.15) is 51.9 Å². The second-order valence-corrected chi connectivity index (χ2v) is 4.18. The van der Waals surface area contributed by atoms with Crippen LogP contribution < -0.4 is 0 Å². The molecule has 17 heavy (non-hydrogen) atoms. The van der Waals surface area contributed by atoms with E-state index in [0.717, 1.165) is 38.5 Å². The quantitative estimate of drug-likeness (QED) is 0.363. The maximum atomic E-state index is 11.0. The Kier molecular flexibility index (Phi) is 9.11. The number of esters is 1. The number of carbonyl (C=O) groups is 2. The van der Waals surface area contributed by atoms with Crippen LogP contribution in [0, 0.1) is 0 Å². The number of carboxylic acid groups (broad SMARTS) is 1. The molecule has 4 nitrogen and oxygen atoms in total. The van der Waals surface area contributed by atoms with E-state index in [9.17, 15) is 9.59 Å². The van der Waals surface area contributed by atoms with Crippen molar-refractivity contribution in [2.75, 3.05) is 6.61 Å². The van der Waals surface area contributed by atoms with Gasteiger partial charge in [-0.25, -0.2) is 4.79 Å². The summed E-state index contributed by atoms with van der Waals surface area (Å²) in [6.45, 7) is 5.57. The molecule has 0 aliphatic carbocycles. The van der Waals surface area contributed by atoms with Gasteiger partial charge in [0.2, 0.25) is 0 Å². The minimum atomic E-state index is -0.725. The van der Waals surface area contributed by atoms with Gasteiger partial charge in [-0.3, -0.25) is 4.79 Å². The van der Waals surface area contributed by atoms with Gasteiger partial charge in [-0.05, 0) is 19.8 Å². The summed E-state index contributed by atoms with van der Waals surface area (Å²) in [7, 11) is 0. The van der Waals surface area contributed by atoms with Gasteiger partial charge in [-0.1, -0.05) is 32.3 Å². The van der Waals surface area contributed by atoms with Crippen LogP contribution in [-0.2, 0) is 14.3 Å². The van der Waals surface area contributed by atoms with Crippen LogP contribution >= 0.6 is 0 Å². The van der Waals surface area contributed by atoms with Crippen molar-refractivity contribution in [1.29, 1.82) is 0 Å². The van der Waals surface area contributed by atoms with Crippen LogP contribution in [0.5, 0.6) is 0 Å². The number of rotatable bonds is 10. The summed E-state index contributed by atoms with van der Waals surface area (Å²) in [6, 6.07) is 0. The minimum Gasteiger partial charge on any atom is -0.481 e. The summed E-state index contributed by atoms with van der Waals surface area (Å²) in [6.07, 6.45) is 5.94. The molecule has 0 heterocycles. The zero-order valence-electron chi connectivity index (χ0n) is 10.5. The van der Waals surface area contributed by atoms with Gasteiger partial charge in [-0.2, -0.15) is 0 Å². The minimum absolute atomic E-state index is 0.260. The molecule has 0 bridgehead atoms. The lowest BCUT2D eigenvalue weighted by Gasteiger charge is -2.04. The summed E-state index contributed by atoms with van der Waals surface area (Å²) < 4.78 is 4.95. The lowest BCUT2D eigenvalue weighted by atomic mass is 10.1.